The van der Waals surface area contributed by atoms with Crippen LogP contribution in [0.4, 0.5) is 11.4 Å². The Bertz CT molecular complexity index is 1290. The van der Waals surface area contributed by atoms with E-state index in [1.54, 1.807) is 27.7 Å². The van der Waals surface area contributed by atoms with E-state index in [4.69, 9.17) is 23.7 Å². The predicted octanol–water partition coefficient (Wildman–Crippen LogP) is 7.34. The first-order valence-corrected chi connectivity index (χ1v) is 20.1. The molecule has 0 radical (unpaired) electrons. The third-order valence-corrected chi connectivity index (χ3v) is 10.3. The summed E-state index contributed by atoms with van der Waals surface area (Å²) in [5.41, 5.74) is 10.8. The predicted molar refractivity (Wildman–Crippen MR) is 230 cm³/mol. The minimum atomic E-state index is -0.554. The molecule has 11 nitrogen and oxygen atoms in total. The number of hydrogen-bond donors (Lipinski definition) is 4. The Morgan fingerprint density at radius 2 is 0.571 bits per heavy atom. The monoisotopic (exact) mass is 793 g/mol. The second-order valence-corrected chi connectivity index (χ2v) is 16.2. The van der Waals surface area contributed by atoms with Crippen molar-refractivity contribution in [2.24, 2.45) is 0 Å². The molecule has 0 heterocycles. The molecule has 2 aromatic carbocycles. The van der Waals surface area contributed by atoms with Crippen LogP contribution in [-0.2, 0) is 18.9 Å². The number of nitrogens with zero attached hydrogens (tertiary/aromatic N) is 2. The van der Waals surface area contributed by atoms with Crippen molar-refractivity contribution >= 4 is 11.4 Å². The number of rotatable bonds is 24. The summed E-state index contributed by atoms with van der Waals surface area (Å²) in [6.45, 7) is 35.4. The number of aliphatic hydroxyl groups excluding tert-OH is 4. The molecule has 0 aromatic heterocycles. The van der Waals surface area contributed by atoms with Crippen LogP contribution in [0.15, 0.2) is 0 Å². The van der Waals surface area contributed by atoms with Gasteiger partial charge in [-0.1, -0.05) is 7.43 Å². The zero-order valence-electron chi connectivity index (χ0n) is 37.0. The zero-order chi connectivity index (χ0) is 41.9. The summed E-state index contributed by atoms with van der Waals surface area (Å²) in [7, 11) is 0. The number of hydrogen-bond acceptors (Lipinski definition) is 11. The van der Waals surface area contributed by atoms with Crippen molar-refractivity contribution < 1.29 is 44.1 Å². The Morgan fingerprint density at radius 1 is 0.375 bits per heavy atom. The molecule has 0 saturated heterocycles. The van der Waals surface area contributed by atoms with E-state index < -0.39 is 24.4 Å². The summed E-state index contributed by atoms with van der Waals surface area (Å²) in [6.07, 6.45) is -2.81. The number of aliphatic hydroxyl groups is 4. The van der Waals surface area contributed by atoms with Gasteiger partial charge >= 0.3 is 0 Å². The Balaban J connectivity index is 0.0000157. The van der Waals surface area contributed by atoms with Gasteiger partial charge in [-0.15, -0.1) is 0 Å². The quantitative estimate of drug-likeness (QED) is 0.0852. The fourth-order valence-electron chi connectivity index (χ4n) is 7.05. The van der Waals surface area contributed by atoms with Crippen LogP contribution in [0.2, 0.25) is 0 Å². The third kappa shape index (κ3) is 15.0. The van der Waals surface area contributed by atoms with E-state index in [1.165, 1.54) is 0 Å². The number of ether oxygens (including phenoxy) is 5. The lowest BCUT2D eigenvalue weighted by Gasteiger charge is -2.35. The number of anilines is 2. The standard InChI is InChI=1S/C44H76N2O9.CH4/c1-25(47)21-51-29(5)17-45(18-30(6)52-22-26(2)48)41-33(9)37(13)43(38(14)34(41)10)55-44-39(15)35(11)42(36(12)40(44)16)46(19-31(7)53-23-27(3)49)20-32(8)54-24-28(4)50;/h25-32,47-50H,17-24H2,1-16H3;1H4. The first-order valence-electron chi connectivity index (χ1n) is 20.1. The highest BCUT2D eigenvalue weighted by Crippen LogP contribution is 2.44. The van der Waals surface area contributed by atoms with Crippen LogP contribution in [0.3, 0.4) is 0 Å². The summed E-state index contributed by atoms with van der Waals surface area (Å²) >= 11 is 0. The molecule has 0 spiro atoms. The fraction of sp³-hybridized carbons (Fsp3) is 0.733. The van der Waals surface area contributed by atoms with Crippen LogP contribution in [0, 0.1) is 55.4 Å². The summed E-state index contributed by atoms with van der Waals surface area (Å²) in [6, 6.07) is 0. The van der Waals surface area contributed by atoms with Crippen LogP contribution >= 0.6 is 0 Å². The van der Waals surface area contributed by atoms with Gasteiger partial charge < -0.3 is 53.9 Å². The van der Waals surface area contributed by atoms with E-state index >= 15 is 0 Å². The fourth-order valence-corrected chi connectivity index (χ4v) is 7.05. The van der Waals surface area contributed by atoms with Gasteiger partial charge in [0.15, 0.2) is 0 Å². The van der Waals surface area contributed by atoms with Gasteiger partial charge in [-0.25, -0.2) is 0 Å². The van der Waals surface area contributed by atoms with Crippen molar-refractivity contribution in [2.45, 2.75) is 167 Å². The van der Waals surface area contributed by atoms with Gasteiger partial charge in [-0.05, 0) is 155 Å². The van der Waals surface area contributed by atoms with Crippen LogP contribution in [-0.4, -0.2) is 122 Å². The van der Waals surface area contributed by atoms with E-state index in [2.05, 4.69) is 65.2 Å². The van der Waals surface area contributed by atoms with Crippen molar-refractivity contribution in [3.05, 3.63) is 44.5 Å². The van der Waals surface area contributed by atoms with Gasteiger partial charge in [0, 0.05) is 37.6 Å². The van der Waals surface area contributed by atoms with Crippen molar-refractivity contribution in [1.29, 1.82) is 0 Å². The largest absolute Gasteiger partial charge is 0.456 e. The van der Waals surface area contributed by atoms with Crippen molar-refractivity contribution in [2.75, 3.05) is 62.4 Å². The molecule has 0 aliphatic rings. The van der Waals surface area contributed by atoms with Gasteiger partial charge in [0.1, 0.15) is 11.5 Å². The maximum absolute atomic E-state index is 9.87. The van der Waals surface area contributed by atoms with Crippen molar-refractivity contribution in [1.82, 2.24) is 0 Å². The topological polar surface area (TPSA) is 134 Å². The van der Waals surface area contributed by atoms with Gasteiger partial charge in [-0.2, -0.15) is 0 Å². The maximum Gasteiger partial charge on any atom is 0.133 e. The highest BCUT2D eigenvalue weighted by molar-refractivity contribution is 5.72. The average molecular weight is 793 g/mol. The van der Waals surface area contributed by atoms with E-state index in [9.17, 15) is 20.4 Å². The van der Waals surface area contributed by atoms with E-state index in [1.807, 2.05) is 27.7 Å². The lowest BCUT2D eigenvalue weighted by atomic mass is 9.94. The summed E-state index contributed by atoms with van der Waals surface area (Å²) in [5.74, 6) is 1.68. The van der Waals surface area contributed by atoms with Crippen LogP contribution in [0.25, 0.3) is 0 Å². The first-order chi connectivity index (χ1) is 25.6. The Kier molecular flexibility index (Phi) is 21.9. The Labute approximate surface area is 340 Å². The smallest absolute Gasteiger partial charge is 0.133 e. The molecule has 8 unspecified atom stereocenters. The van der Waals surface area contributed by atoms with Crippen molar-refractivity contribution in [3.8, 4) is 11.5 Å². The van der Waals surface area contributed by atoms with Gasteiger partial charge in [-0.3, -0.25) is 0 Å². The molecule has 0 aliphatic carbocycles. The minimum Gasteiger partial charge on any atom is -0.456 e. The zero-order valence-corrected chi connectivity index (χ0v) is 37.0. The summed E-state index contributed by atoms with van der Waals surface area (Å²) < 4.78 is 31.0. The first kappa shape index (κ1) is 51.5. The highest BCUT2D eigenvalue weighted by Gasteiger charge is 2.27. The normalized spacial score (nSPS) is 16.0. The van der Waals surface area contributed by atoms with E-state index in [0.29, 0.717) is 26.2 Å². The molecular formula is C45H80N2O9. The molecule has 0 amide bonds. The van der Waals surface area contributed by atoms with E-state index in [-0.39, 0.29) is 58.3 Å². The Hall–Kier alpha value is -2.48. The maximum atomic E-state index is 9.87. The molecule has 0 bridgehead atoms. The molecule has 2 aromatic rings. The SMILES string of the molecule is C.Cc1c(C)c(N(CC(C)OCC(C)O)CC(C)OCC(C)O)c(C)c(C)c1Oc1c(C)c(C)c(N(CC(C)OCC(C)O)CC(C)OCC(C)O)c(C)c1C. The molecule has 324 valence electrons. The molecule has 8 atom stereocenters. The molecule has 56 heavy (non-hydrogen) atoms. The number of benzene rings is 2. The Morgan fingerprint density at radius 3 is 0.750 bits per heavy atom. The average Bonchev–Trinajstić information content (AvgIpc) is 3.09. The minimum absolute atomic E-state index is 0. The molecule has 0 fully saturated rings. The summed E-state index contributed by atoms with van der Waals surface area (Å²) in [5, 5.41) is 39.5. The molecule has 0 saturated carbocycles. The van der Waals surface area contributed by atoms with E-state index in [0.717, 1.165) is 67.4 Å². The van der Waals surface area contributed by atoms with Crippen LogP contribution in [0.1, 0.15) is 107 Å². The third-order valence-electron chi connectivity index (χ3n) is 10.3. The van der Waals surface area contributed by atoms with Crippen molar-refractivity contribution in [3.63, 3.8) is 0 Å². The molecule has 0 aliphatic heterocycles. The van der Waals surface area contributed by atoms with Gasteiger partial charge in [0.2, 0.25) is 0 Å². The molecule has 2 rings (SSSR count). The molecule has 11 heteroatoms. The van der Waals surface area contributed by atoms with Crippen LogP contribution in [0.5, 0.6) is 11.5 Å². The molecule has 4 N–H and O–H groups in total. The highest BCUT2D eigenvalue weighted by atomic mass is 16.5. The van der Waals surface area contributed by atoms with Gasteiger partial charge in [0.25, 0.3) is 0 Å². The lowest BCUT2D eigenvalue weighted by molar-refractivity contribution is 0.00000760. The second kappa shape index (κ2) is 23.8. The molecular weight excluding hydrogens is 713 g/mol. The summed E-state index contributed by atoms with van der Waals surface area (Å²) in [4.78, 5) is 4.61. The van der Waals surface area contributed by atoms with Crippen LogP contribution < -0.4 is 14.5 Å². The second-order valence-electron chi connectivity index (χ2n) is 16.2. The van der Waals surface area contributed by atoms with Gasteiger partial charge in [0.05, 0.1) is 75.3 Å². The lowest BCUT2D eigenvalue weighted by Crippen LogP contribution is -2.40.